The summed E-state index contributed by atoms with van der Waals surface area (Å²) in [6.45, 7) is 5.04. The molecule has 5 aromatic rings. The second-order valence-electron chi connectivity index (χ2n) is 17.0. The van der Waals surface area contributed by atoms with E-state index in [-0.39, 0.29) is 23.8 Å². The summed E-state index contributed by atoms with van der Waals surface area (Å²) < 4.78 is 61.8. The summed E-state index contributed by atoms with van der Waals surface area (Å²) in [5.74, 6) is -0.182. The molecule has 3 aliphatic carbocycles. The number of aliphatic hydroxyl groups is 1. The Morgan fingerprint density at radius 1 is 0.950 bits per heavy atom. The number of aliphatic hydroxyl groups excluding tert-OH is 1. The first-order chi connectivity index (χ1) is 28.9. The lowest BCUT2D eigenvalue weighted by Crippen LogP contribution is -2.38. The Bertz CT molecular complexity index is 2650. The Labute approximate surface area is 353 Å². The molecule has 4 atom stereocenters. The predicted octanol–water partition coefficient (Wildman–Crippen LogP) is 7.22. The van der Waals surface area contributed by atoms with Gasteiger partial charge in [0.2, 0.25) is 33.6 Å². The van der Waals surface area contributed by atoms with E-state index in [4.69, 9.17) is 30.5 Å². The van der Waals surface area contributed by atoms with Gasteiger partial charge >= 0.3 is 0 Å². The van der Waals surface area contributed by atoms with Crippen LogP contribution in [0.5, 0.6) is 11.8 Å². The highest BCUT2D eigenvalue weighted by atomic mass is 35.5. The van der Waals surface area contributed by atoms with Gasteiger partial charge in [-0.3, -0.25) is 19.3 Å². The number of halogens is 2. The molecule has 3 aromatic carbocycles. The van der Waals surface area contributed by atoms with E-state index in [0.717, 1.165) is 64.8 Å². The molecular formula is C45H47ClFN5O7S. The minimum absolute atomic E-state index is 0.0984. The van der Waals surface area contributed by atoms with Crippen molar-refractivity contribution in [1.29, 1.82) is 0 Å². The van der Waals surface area contributed by atoms with Crippen molar-refractivity contribution in [3.63, 3.8) is 0 Å². The van der Waals surface area contributed by atoms with Gasteiger partial charge < -0.3 is 19.0 Å². The van der Waals surface area contributed by atoms with Crippen LogP contribution in [-0.2, 0) is 34.2 Å². The lowest BCUT2D eigenvalue weighted by Gasteiger charge is -2.24. The monoisotopic (exact) mass is 855 g/mol. The number of fused-ring (bicyclic) bond motifs is 3. The van der Waals surface area contributed by atoms with E-state index in [1.165, 1.54) is 5.56 Å². The van der Waals surface area contributed by atoms with Gasteiger partial charge in [0.15, 0.2) is 11.4 Å². The minimum Gasteiger partial charge on any atom is -0.481 e. The highest BCUT2D eigenvalue weighted by molar-refractivity contribution is 7.90. The summed E-state index contributed by atoms with van der Waals surface area (Å²) >= 11 is 6.77. The van der Waals surface area contributed by atoms with Crippen LogP contribution < -0.4 is 14.2 Å². The predicted molar refractivity (Wildman–Crippen MR) is 224 cm³/mol. The molecule has 314 valence electrons. The van der Waals surface area contributed by atoms with Crippen LogP contribution in [0.4, 0.5) is 4.39 Å². The molecule has 0 unspecified atom stereocenters. The molecular weight excluding hydrogens is 809 g/mol. The number of aromatic nitrogens is 2. The van der Waals surface area contributed by atoms with Crippen LogP contribution in [0.2, 0.25) is 5.02 Å². The molecule has 60 heavy (non-hydrogen) atoms. The Kier molecular flexibility index (Phi) is 10.1. The van der Waals surface area contributed by atoms with Gasteiger partial charge in [0.05, 0.1) is 24.4 Å². The van der Waals surface area contributed by atoms with Gasteiger partial charge in [-0.1, -0.05) is 41.9 Å². The third-order valence-corrected chi connectivity index (χ3v) is 15.3. The number of benzene rings is 3. The number of amides is 1. The number of β-amino-alcohol motifs (C(OH)–C–C–N with tert-alkyl or cyclic N) is 1. The molecule has 12 nitrogen and oxygen atoms in total. The Hall–Kier alpha value is -4.60. The van der Waals surface area contributed by atoms with Crippen molar-refractivity contribution in [2.45, 2.75) is 88.3 Å². The number of carbonyl (C=O) groups is 1. The third kappa shape index (κ3) is 7.13. The quantitative estimate of drug-likeness (QED) is 0.139. The van der Waals surface area contributed by atoms with Crippen LogP contribution in [0.1, 0.15) is 84.1 Å². The topological polar surface area (TPSA) is 147 Å². The Morgan fingerprint density at radius 3 is 2.52 bits per heavy atom. The molecule has 3 fully saturated rings. The van der Waals surface area contributed by atoms with E-state index in [2.05, 4.69) is 37.7 Å². The van der Waals surface area contributed by atoms with Crippen LogP contribution in [0.3, 0.4) is 0 Å². The maximum Gasteiger partial charge on any atom is 0.237 e. The second kappa shape index (κ2) is 15.4. The van der Waals surface area contributed by atoms with E-state index in [0.29, 0.717) is 92.0 Å². The van der Waals surface area contributed by atoms with Gasteiger partial charge in [-0.25, -0.2) is 17.8 Å². The number of oxazole rings is 1. The van der Waals surface area contributed by atoms with Crippen molar-refractivity contribution >= 4 is 38.6 Å². The maximum absolute atomic E-state index is 16.3. The lowest BCUT2D eigenvalue weighted by atomic mass is 9.91. The number of ether oxygens (including phenoxy) is 2. The minimum atomic E-state index is -3.61. The molecule has 2 aromatic heterocycles. The fourth-order valence-corrected chi connectivity index (χ4v) is 11.5. The maximum atomic E-state index is 16.3. The number of hydrogen-bond donors (Lipinski definition) is 2. The molecule has 1 amide bonds. The average Bonchev–Trinajstić information content (AvgIpc) is 3.65. The number of carbonyl (C=O) groups excluding carboxylic acids is 1. The van der Waals surface area contributed by atoms with Gasteiger partial charge in [0.25, 0.3) is 0 Å². The number of pyridine rings is 1. The molecule has 2 N–H and O–H groups in total. The number of likely N-dealkylation sites (tertiary alicyclic amines) is 2. The molecule has 5 aliphatic rings. The smallest absolute Gasteiger partial charge is 0.237 e. The average molecular weight is 856 g/mol. The van der Waals surface area contributed by atoms with Crippen molar-refractivity contribution in [2.75, 3.05) is 33.3 Å². The summed E-state index contributed by atoms with van der Waals surface area (Å²) in [6, 6.07) is 15.9. The lowest BCUT2D eigenvalue weighted by molar-refractivity contribution is -0.122. The van der Waals surface area contributed by atoms with Gasteiger partial charge in [0.1, 0.15) is 16.6 Å². The van der Waals surface area contributed by atoms with Gasteiger partial charge in [0, 0.05) is 43.3 Å². The largest absolute Gasteiger partial charge is 0.481 e. The molecule has 15 heteroatoms. The number of methoxy groups -OCH3 is 1. The molecule has 2 aliphatic heterocycles. The zero-order valence-corrected chi connectivity index (χ0v) is 35.1. The molecule has 0 bridgehead atoms. The second-order valence-corrected chi connectivity index (χ2v) is 19.4. The van der Waals surface area contributed by atoms with E-state index in [1.54, 1.807) is 7.11 Å². The van der Waals surface area contributed by atoms with Crippen LogP contribution in [0.25, 0.3) is 33.7 Å². The van der Waals surface area contributed by atoms with Gasteiger partial charge in [-0.15, -0.1) is 0 Å². The Morgan fingerprint density at radius 2 is 1.73 bits per heavy atom. The number of sulfonamides is 1. The summed E-state index contributed by atoms with van der Waals surface area (Å²) in [5, 5.41) is 9.93. The molecule has 4 heterocycles. The normalized spacial score (nSPS) is 23.0. The summed E-state index contributed by atoms with van der Waals surface area (Å²) in [4.78, 5) is 26.8. The third-order valence-electron chi connectivity index (χ3n) is 13.2. The molecule has 10 rings (SSSR count). The van der Waals surface area contributed by atoms with Crippen molar-refractivity contribution in [2.24, 2.45) is 5.92 Å². The summed E-state index contributed by atoms with van der Waals surface area (Å²) in [6.07, 6.45) is 4.63. The summed E-state index contributed by atoms with van der Waals surface area (Å²) in [5.41, 5.74) is 8.91. The van der Waals surface area contributed by atoms with Crippen LogP contribution in [0, 0.1) is 18.7 Å². The number of nitrogens with one attached hydrogen (secondary N) is 1. The van der Waals surface area contributed by atoms with Crippen LogP contribution >= 0.6 is 11.6 Å². The fraction of sp³-hybridized carbons (Fsp3) is 0.444. The zero-order valence-electron chi connectivity index (χ0n) is 33.5. The molecule has 1 saturated carbocycles. The number of nitrogens with zero attached hydrogens (tertiary/aromatic N) is 4. The molecule has 2 saturated heterocycles. The number of rotatable bonds is 11. The van der Waals surface area contributed by atoms with Crippen molar-refractivity contribution < 1.29 is 36.6 Å². The molecule has 0 radical (unpaired) electrons. The Balaban J connectivity index is 0.885. The SMILES string of the molecule is COc1nc(O[C@H]2CCc3c(-c4cccc(-c5nc6cc7c(c(F)c6o5)CC[C@H]7N5CC[C@@H](C(=O)NS(=O)(=O)C6CC6)C5)c4C)cccc32)c(Cl)cc1CN1CC[C@@H](O)C1. The van der Waals surface area contributed by atoms with E-state index in [9.17, 15) is 18.3 Å². The van der Waals surface area contributed by atoms with Crippen molar-refractivity contribution in [3.05, 3.63) is 92.8 Å². The van der Waals surface area contributed by atoms with Crippen LogP contribution in [0.15, 0.2) is 52.9 Å². The standard InChI is InChI=1S/C45H47ClFN5O7S/c1-24-29(31-7-4-8-33-32(31)12-14-39(33)58-45-36(46)19-26(43(49-45)57-2)21-51-17-16-27(53)23-51)5-3-6-30(24)44-48-37-20-35-34(40(47)41(37)59-44)11-13-38(35)52-18-15-25(22-52)42(54)50-60(55,56)28-9-10-28/h3-8,19-20,25,27-28,38-39,53H,9-18,21-23H2,1-2H3,(H,50,54)/t25-,27-,38-,39+/m1/s1. The summed E-state index contributed by atoms with van der Waals surface area (Å²) in [7, 11) is -2.03. The van der Waals surface area contributed by atoms with Gasteiger partial charge in [-0.2, -0.15) is 4.98 Å². The zero-order chi connectivity index (χ0) is 41.4. The van der Waals surface area contributed by atoms with E-state index < -0.39 is 32.9 Å². The van der Waals surface area contributed by atoms with Gasteiger partial charge in [-0.05, 0) is 122 Å². The first kappa shape index (κ1) is 39.5. The van der Waals surface area contributed by atoms with Crippen molar-refractivity contribution in [1.82, 2.24) is 24.5 Å². The van der Waals surface area contributed by atoms with E-state index in [1.807, 2.05) is 37.3 Å². The molecule has 0 spiro atoms. The number of hydrogen-bond acceptors (Lipinski definition) is 11. The highest BCUT2D eigenvalue weighted by Crippen LogP contribution is 2.46. The first-order valence-corrected chi connectivity index (χ1v) is 22.8. The fourth-order valence-electron chi connectivity index (χ4n) is 9.89. The first-order valence-electron chi connectivity index (χ1n) is 20.9. The van der Waals surface area contributed by atoms with Crippen molar-refractivity contribution in [3.8, 4) is 34.3 Å². The highest BCUT2D eigenvalue weighted by Gasteiger charge is 2.41. The van der Waals surface area contributed by atoms with E-state index >= 15 is 4.39 Å². The van der Waals surface area contributed by atoms with Crippen LogP contribution in [-0.4, -0.2) is 83.8 Å².